The van der Waals surface area contributed by atoms with Gasteiger partial charge in [0.05, 0.1) is 0 Å². The number of amides is 1. The summed E-state index contributed by atoms with van der Waals surface area (Å²) in [5.74, 6) is 0.888. The number of carbonyl (C=O) groups excluding carboxylic acids is 1. The Morgan fingerprint density at radius 1 is 1.57 bits per heavy atom. The third-order valence-electron chi connectivity index (χ3n) is 2.80. The van der Waals surface area contributed by atoms with Crippen LogP contribution in [0.5, 0.6) is 0 Å². The molecular weight excluding hydrogens is 198 g/mol. The Balaban J connectivity index is 1.92. The maximum absolute atomic E-state index is 11.3. The SMILES string of the molecule is CC(Cl)CCCNC(=O)CC1CCC1. The third kappa shape index (κ3) is 4.85. The van der Waals surface area contributed by atoms with E-state index in [2.05, 4.69) is 5.32 Å². The molecule has 0 saturated heterocycles. The molecule has 1 fully saturated rings. The van der Waals surface area contributed by atoms with E-state index >= 15 is 0 Å². The highest BCUT2D eigenvalue weighted by molar-refractivity contribution is 6.20. The van der Waals surface area contributed by atoms with Gasteiger partial charge in [0, 0.05) is 18.3 Å². The van der Waals surface area contributed by atoms with Gasteiger partial charge in [-0.05, 0) is 38.5 Å². The first-order valence-corrected chi connectivity index (χ1v) is 6.03. The second-order valence-corrected chi connectivity index (χ2v) is 5.02. The minimum Gasteiger partial charge on any atom is -0.356 e. The molecule has 0 bridgehead atoms. The minimum atomic E-state index is 0.219. The quantitative estimate of drug-likeness (QED) is 0.538. The van der Waals surface area contributed by atoms with Crippen molar-refractivity contribution in [1.29, 1.82) is 0 Å². The van der Waals surface area contributed by atoms with Gasteiger partial charge >= 0.3 is 0 Å². The molecule has 0 heterocycles. The molecule has 1 aliphatic carbocycles. The van der Waals surface area contributed by atoms with Crippen LogP contribution < -0.4 is 5.32 Å². The number of halogens is 1. The van der Waals surface area contributed by atoms with Crippen LogP contribution in [0.1, 0.15) is 45.4 Å². The van der Waals surface area contributed by atoms with E-state index in [0.717, 1.165) is 25.8 Å². The summed E-state index contributed by atoms with van der Waals surface area (Å²) in [6.45, 7) is 2.76. The molecule has 1 N–H and O–H groups in total. The average Bonchev–Trinajstić information content (AvgIpc) is 2.05. The van der Waals surface area contributed by atoms with E-state index in [1.807, 2.05) is 6.92 Å². The molecule has 0 aromatic rings. The lowest BCUT2D eigenvalue weighted by Gasteiger charge is -2.24. The second-order valence-electron chi connectivity index (χ2n) is 4.27. The van der Waals surface area contributed by atoms with E-state index in [1.165, 1.54) is 19.3 Å². The summed E-state index contributed by atoms with van der Waals surface area (Å²) in [5, 5.41) is 3.16. The number of rotatable bonds is 6. The first-order valence-electron chi connectivity index (χ1n) is 5.59. The lowest BCUT2D eigenvalue weighted by molar-refractivity contribution is -0.122. The van der Waals surface area contributed by atoms with E-state index < -0.39 is 0 Å². The van der Waals surface area contributed by atoms with Crippen molar-refractivity contribution in [2.45, 2.75) is 50.8 Å². The van der Waals surface area contributed by atoms with Crippen LogP contribution in [0.4, 0.5) is 0 Å². The number of hydrogen-bond donors (Lipinski definition) is 1. The standard InChI is InChI=1S/C11H20ClNO/c1-9(12)4-3-7-13-11(14)8-10-5-2-6-10/h9-10H,2-8H2,1H3,(H,13,14). The van der Waals surface area contributed by atoms with Crippen LogP contribution >= 0.6 is 11.6 Å². The van der Waals surface area contributed by atoms with Gasteiger partial charge in [-0.1, -0.05) is 6.42 Å². The predicted octanol–water partition coefficient (Wildman–Crippen LogP) is 2.70. The normalized spacial score (nSPS) is 18.7. The number of alkyl halides is 1. The van der Waals surface area contributed by atoms with Gasteiger partial charge in [-0.15, -0.1) is 11.6 Å². The Labute approximate surface area is 91.4 Å². The van der Waals surface area contributed by atoms with E-state index in [-0.39, 0.29) is 11.3 Å². The van der Waals surface area contributed by atoms with Crippen molar-refractivity contribution >= 4 is 17.5 Å². The van der Waals surface area contributed by atoms with Gasteiger partial charge in [-0.25, -0.2) is 0 Å². The summed E-state index contributed by atoms with van der Waals surface area (Å²) < 4.78 is 0. The van der Waals surface area contributed by atoms with Crippen LogP contribution in [0.25, 0.3) is 0 Å². The predicted molar refractivity (Wildman–Crippen MR) is 59.5 cm³/mol. The molecule has 1 unspecified atom stereocenters. The Morgan fingerprint density at radius 3 is 2.79 bits per heavy atom. The summed E-state index contributed by atoms with van der Waals surface area (Å²) in [4.78, 5) is 11.3. The zero-order valence-electron chi connectivity index (χ0n) is 8.89. The van der Waals surface area contributed by atoms with Gasteiger partial charge in [0.25, 0.3) is 0 Å². The zero-order chi connectivity index (χ0) is 10.4. The molecule has 3 heteroatoms. The van der Waals surface area contributed by atoms with E-state index in [0.29, 0.717) is 5.92 Å². The smallest absolute Gasteiger partial charge is 0.220 e. The number of hydrogen-bond acceptors (Lipinski definition) is 1. The fourth-order valence-corrected chi connectivity index (χ4v) is 1.80. The Morgan fingerprint density at radius 2 is 2.29 bits per heavy atom. The van der Waals surface area contributed by atoms with Crippen LogP contribution in [-0.4, -0.2) is 17.8 Å². The second kappa shape index (κ2) is 6.28. The maximum atomic E-state index is 11.3. The van der Waals surface area contributed by atoms with E-state index in [1.54, 1.807) is 0 Å². The lowest BCUT2D eigenvalue weighted by Crippen LogP contribution is -2.28. The summed E-state index contributed by atoms with van der Waals surface area (Å²) in [7, 11) is 0. The Hall–Kier alpha value is -0.240. The highest BCUT2D eigenvalue weighted by atomic mass is 35.5. The third-order valence-corrected chi connectivity index (χ3v) is 3.02. The van der Waals surface area contributed by atoms with Crippen molar-refractivity contribution in [2.24, 2.45) is 5.92 Å². The van der Waals surface area contributed by atoms with E-state index in [4.69, 9.17) is 11.6 Å². The molecule has 14 heavy (non-hydrogen) atoms. The molecule has 1 rings (SSSR count). The van der Waals surface area contributed by atoms with Gasteiger partial charge < -0.3 is 5.32 Å². The number of nitrogens with one attached hydrogen (secondary N) is 1. The molecule has 0 spiro atoms. The fraction of sp³-hybridized carbons (Fsp3) is 0.909. The molecule has 82 valence electrons. The van der Waals surface area contributed by atoms with Gasteiger partial charge in [-0.3, -0.25) is 4.79 Å². The van der Waals surface area contributed by atoms with Crippen molar-refractivity contribution in [3.63, 3.8) is 0 Å². The first kappa shape index (κ1) is 11.8. The van der Waals surface area contributed by atoms with Crippen molar-refractivity contribution in [3.8, 4) is 0 Å². The van der Waals surface area contributed by atoms with Gasteiger partial charge in [0.15, 0.2) is 0 Å². The maximum Gasteiger partial charge on any atom is 0.220 e. The Bertz CT molecular complexity index is 178. The summed E-state index contributed by atoms with van der Waals surface area (Å²) in [6, 6.07) is 0. The summed E-state index contributed by atoms with van der Waals surface area (Å²) in [6.07, 6.45) is 6.49. The average molecular weight is 218 g/mol. The van der Waals surface area contributed by atoms with Gasteiger partial charge in [0.1, 0.15) is 0 Å². The molecule has 1 atom stereocenters. The monoisotopic (exact) mass is 217 g/mol. The van der Waals surface area contributed by atoms with E-state index in [9.17, 15) is 4.79 Å². The molecule has 1 amide bonds. The summed E-state index contributed by atoms with van der Waals surface area (Å²) >= 11 is 5.80. The number of carbonyl (C=O) groups is 1. The molecule has 1 saturated carbocycles. The summed E-state index contributed by atoms with van der Waals surface area (Å²) in [5.41, 5.74) is 0. The largest absolute Gasteiger partial charge is 0.356 e. The molecule has 2 nitrogen and oxygen atoms in total. The molecule has 1 aliphatic rings. The molecule has 0 aromatic heterocycles. The van der Waals surface area contributed by atoms with Crippen molar-refractivity contribution in [2.75, 3.05) is 6.54 Å². The molecule has 0 aromatic carbocycles. The van der Waals surface area contributed by atoms with Crippen LogP contribution in [0.15, 0.2) is 0 Å². The minimum absolute atomic E-state index is 0.219. The lowest BCUT2D eigenvalue weighted by atomic mass is 9.83. The van der Waals surface area contributed by atoms with Crippen LogP contribution in [-0.2, 0) is 4.79 Å². The van der Waals surface area contributed by atoms with Crippen LogP contribution in [0.2, 0.25) is 0 Å². The van der Waals surface area contributed by atoms with Gasteiger partial charge in [0.2, 0.25) is 5.91 Å². The topological polar surface area (TPSA) is 29.1 Å². The van der Waals surface area contributed by atoms with Crippen LogP contribution in [0, 0.1) is 5.92 Å². The van der Waals surface area contributed by atoms with Crippen molar-refractivity contribution < 1.29 is 4.79 Å². The first-order chi connectivity index (χ1) is 6.68. The molecule has 0 radical (unpaired) electrons. The van der Waals surface area contributed by atoms with Crippen LogP contribution in [0.3, 0.4) is 0 Å². The highest BCUT2D eigenvalue weighted by Gasteiger charge is 2.20. The molecular formula is C11H20ClNO. The van der Waals surface area contributed by atoms with Gasteiger partial charge in [-0.2, -0.15) is 0 Å². The Kier molecular flexibility index (Phi) is 5.31. The van der Waals surface area contributed by atoms with Crippen molar-refractivity contribution in [1.82, 2.24) is 5.32 Å². The fourth-order valence-electron chi connectivity index (χ4n) is 1.64. The zero-order valence-corrected chi connectivity index (χ0v) is 9.65. The molecule has 0 aliphatic heterocycles. The highest BCUT2D eigenvalue weighted by Crippen LogP contribution is 2.28. The van der Waals surface area contributed by atoms with Crippen molar-refractivity contribution in [3.05, 3.63) is 0 Å².